The van der Waals surface area contributed by atoms with Gasteiger partial charge < -0.3 is 5.32 Å². The lowest BCUT2D eigenvalue weighted by atomic mass is 10.0. The number of carbonyl (C=O) groups excluding carboxylic acids is 2. The molecule has 2 rings (SSSR count). The Bertz CT molecular complexity index is 710. The molecule has 0 aliphatic rings. The molecule has 0 aliphatic heterocycles. The zero-order chi connectivity index (χ0) is 17.7. The monoisotopic (exact) mass is 346 g/mol. The average molecular weight is 346 g/mol. The summed E-state index contributed by atoms with van der Waals surface area (Å²) in [7, 11) is 0. The van der Waals surface area contributed by atoms with Gasteiger partial charge in [0, 0.05) is 12.0 Å². The number of nitrogens with one attached hydrogen (secondary N) is 2. The maximum absolute atomic E-state index is 12.4. The standard InChI is InChI=1S/C17H22N4O2S/c1-5-13(22)18-14(10(2)3)15(23)19-17-21-20-16(24-17)12-8-6-11(4)7-9-12/h6-10,14H,5H2,1-4H3,(H,18,22)(H,19,21,23)/t14-/m0/s1. The summed E-state index contributed by atoms with van der Waals surface area (Å²) >= 11 is 1.31. The van der Waals surface area contributed by atoms with Crippen molar-refractivity contribution in [3.63, 3.8) is 0 Å². The summed E-state index contributed by atoms with van der Waals surface area (Å²) in [5.41, 5.74) is 2.13. The van der Waals surface area contributed by atoms with Gasteiger partial charge in [-0.2, -0.15) is 0 Å². The molecule has 0 saturated carbocycles. The highest BCUT2D eigenvalue weighted by Crippen LogP contribution is 2.26. The number of benzene rings is 1. The first-order valence-electron chi connectivity index (χ1n) is 7.91. The predicted octanol–water partition coefficient (Wildman–Crippen LogP) is 3.00. The molecular formula is C17H22N4O2S. The molecule has 6 nitrogen and oxygen atoms in total. The number of hydrogen-bond acceptors (Lipinski definition) is 5. The van der Waals surface area contributed by atoms with Crippen LogP contribution in [-0.4, -0.2) is 28.1 Å². The van der Waals surface area contributed by atoms with Crippen molar-refractivity contribution < 1.29 is 9.59 Å². The maximum Gasteiger partial charge on any atom is 0.249 e. The number of anilines is 1. The molecule has 0 bridgehead atoms. The highest BCUT2D eigenvalue weighted by atomic mass is 32.1. The van der Waals surface area contributed by atoms with E-state index in [1.165, 1.54) is 16.9 Å². The summed E-state index contributed by atoms with van der Waals surface area (Å²) in [5.74, 6) is -0.454. The van der Waals surface area contributed by atoms with Gasteiger partial charge in [0.2, 0.25) is 16.9 Å². The van der Waals surface area contributed by atoms with Crippen molar-refractivity contribution in [2.75, 3.05) is 5.32 Å². The SMILES string of the molecule is CCC(=O)N[C@H](C(=O)Nc1nnc(-c2ccc(C)cc2)s1)C(C)C. The highest BCUT2D eigenvalue weighted by Gasteiger charge is 2.24. The Kier molecular flexibility index (Phi) is 6.03. The molecule has 0 aliphatic carbocycles. The molecule has 1 atom stereocenters. The molecule has 0 unspecified atom stereocenters. The molecule has 1 aromatic carbocycles. The molecule has 2 aromatic rings. The second-order valence-corrected chi connectivity index (χ2v) is 6.89. The van der Waals surface area contributed by atoms with Crippen LogP contribution < -0.4 is 10.6 Å². The van der Waals surface area contributed by atoms with Crippen molar-refractivity contribution in [3.05, 3.63) is 29.8 Å². The summed E-state index contributed by atoms with van der Waals surface area (Å²) in [6, 6.07) is 7.36. The lowest BCUT2D eigenvalue weighted by Gasteiger charge is -2.20. The number of aromatic nitrogens is 2. The molecule has 0 saturated heterocycles. The van der Waals surface area contributed by atoms with E-state index >= 15 is 0 Å². The van der Waals surface area contributed by atoms with Gasteiger partial charge in [-0.1, -0.05) is 61.9 Å². The topological polar surface area (TPSA) is 84.0 Å². The third-order valence-electron chi connectivity index (χ3n) is 3.54. The van der Waals surface area contributed by atoms with Crippen LogP contribution >= 0.6 is 11.3 Å². The molecule has 0 spiro atoms. The second-order valence-electron chi connectivity index (χ2n) is 5.91. The zero-order valence-corrected chi connectivity index (χ0v) is 15.1. The molecule has 1 aromatic heterocycles. The second kappa shape index (κ2) is 8.01. The Morgan fingerprint density at radius 2 is 1.83 bits per heavy atom. The minimum atomic E-state index is -0.593. The van der Waals surface area contributed by atoms with Gasteiger partial charge in [-0.05, 0) is 12.8 Å². The number of nitrogens with zero attached hydrogens (tertiary/aromatic N) is 2. The quantitative estimate of drug-likeness (QED) is 0.842. The van der Waals surface area contributed by atoms with Crippen LogP contribution in [0.25, 0.3) is 10.6 Å². The third-order valence-corrected chi connectivity index (χ3v) is 4.43. The number of aryl methyl sites for hydroxylation is 1. The molecule has 0 radical (unpaired) electrons. The van der Waals surface area contributed by atoms with Crippen molar-refractivity contribution >= 4 is 28.3 Å². The summed E-state index contributed by atoms with van der Waals surface area (Å²) in [4.78, 5) is 24.0. The Morgan fingerprint density at radius 3 is 2.42 bits per heavy atom. The van der Waals surface area contributed by atoms with Crippen molar-refractivity contribution in [1.29, 1.82) is 0 Å². The average Bonchev–Trinajstić information content (AvgIpc) is 3.00. The van der Waals surface area contributed by atoms with Crippen LogP contribution in [0, 0.1) is 12.8 Å². The molecule has 7 heteroatoms. The Morgan fingerprint density at radius 1 is 1.17 bits per heavy atom. The third kappa shape index (κ3) is 4.61. The van der Waals surface area contributed by atoms with Crippen LogP contribution in [-0.2, 0) is 9.59 Å². The van der Waals surface area contributed by atoms with Crippen molar-refractivity contribution in [2.24, 2.45) is 5.92 Å². The summed E-state index contributed by atoms with van der Waals surface area (Å²) in [6.07, 6.45) is 0.340. The van der Waals surface area contributed by atoms with E-state index in [1.54, 1.807) is 6.92 Å². The van der Waals surface area contributed by atoms with Crippen molar-refractivity contribution in [1.82, 2.24) is 15.5 Å². The zero-order valence-electron chi connectivity index (χ0n) is 14.3. The van der Waals surface area contributed by atoms with Gasteiger partial charge in [0.05, 0.1) is 0 Å². The van der Waals surface area contributed by atoms with E-state index in [2.05, 4.69) is 20.8 Å². The minimum Gasteiger partial charge on any atom is -0.344 e. The molecule has 2 N–H and O–H groups in total. The Balaban J connectivity index is 2.08. The van der Waals surface area contributed by atoms with Crippen LogP contribution in [0.3, 0.4) is 0 Å². The first kappa shape index (κ1) is 18.1. The lowest BCUT2D eigenvalue weighted by Crippen LogP contribution is -2.46. The summed E-state index contributed by atoms with van der Waals surface area (Å²) in [6.45, 7) is 7.55. The van der Waals surface area contributed by atoms with Gasteiger partial charge in [0.25, 0.3) is 0 Å². The number of amides is 2. The van der Waals surface area contributed by atoms with E-state index in [1.807, 2.05) is 45.0 Å². The lowest BCUT2D eigenvalue weighted by molar-refractivity contribution is -0.127. The van der Waals surface area contributed by atoms with E-state index in [9.17, 15) is 9.59 Å². The van der Waals surface area contributed by atoms with Gasteiger partial charge in [0.1, 0.15) is 11.0 Å². The van der Waals surface area contributed by atoms with Crippen molar-refractivity contribution in [2.45, 2.75) is 40.2 Å². The fraction of sp³-hybridized carbons (Fsp3) is 0.412. The summed E-state index contributed by atoms with van der Waals surface area (Å²) < 4.78 is 0. The first-order chi connectivity index (χ1) is 11.4. The molecule has 1 heterocycles. The number of hydrogen-bond donors (Lipinski definition) is 2. The van der Waals surface area contributed by atoms with Gasteiger partial charge in [0.15, 0.2) is 0 Å². The van der Waals surface area contributed by atoms with E-state index in [-0.39, 0.29) is 17.7 Å². The van der Waals surface area contributed by atoms with E-state index < -0.39 is 6.04 Å². The normalized spacial score (nSPS) is 12.0. The van der Waals surface area contributed by atoms with Crippen LogP contribution in [0.15, 0.2) is 24.3 Å². The van der Waals surface area contributed by atoms with E-state index in [4.69, 9.17) is 0 Å². The van der Waals surface area contributed by atoms with Crippen LogP contribution in [0.1, 0.15) is 32.8 Å². The van der Waals surface area contributed by atoms with Crippen LogP contribution in [0.4, 0.5) is 5.13 Å². The Labute approximate surface area is 145 Å². The molecule has 128 valence electrons. The van der Waals surface area contributed by atoms with Gasteiger partial charge in [-0.3, -0.25) is 14.9 Å². The Hall–Kier alpha value is -2.28. The number of rotatable bonds is 6. The predicted molar refractivity (Wildman–Crippen MR) is 95.8 cm³/mol. The maximum atomic E-state index is 12.4. The van der Waals surface area contributed by atoms with Gasteiger partial charge in [-0.25, -0.2) is 0 Å². The molecule has 0 fully saturated rings. The molecule has 2 amide bonds. The minimum absolute atomic E-state index is 0.0232. The van der Waals surface area contributed by atoms with E-state index in [0.29, 0.717) is 11.6 Å². The fourth-order valence-corrected chi connectivity index (χ4v) is 2.83. The van der Waals surface area contributed by atoms with Crippen molar-refractivity contribution in [3.8, 4) is 10.6 Å². The molecule has 24 heavy (non-hydrogen) atoms. The van der Waals surface area contributed by atoms with Gasteiger partial charge in [-0.15, -0.1) is 10.2 Å². The largest absolute Gasteiger partial charge is 0.344 e. The summed E-state index contributed by atoms with van der Waals surface area (Å²) in [5, 5.41) is 14.8. The number of carbonyl (C=O) groups is 2. The van der Waals surface area contributed by atoms with Gasteiger partial charge >= 0.3 is 0 Å². The highest BCUT2D eigenvalue weighted by molar-refractivity contribution is 7.18. The fourth-order valence-electron chi connectivity index (χ4n) is 2.08. The smallest absolute Gasteiger partial charge is 0.249 e. The van der Waals surface area contributed by atoms with Crippen LogP contribution in [0.5, 0.6) is 0 Å². The van der Waals surface area contributed by atoms with Crippen LogP contribution in [0.2, 0.25) is 0 Å². The molecular weight excluding hydrogens is 324 g/mol. The first-order valence-corrected chi connectivity index (χ1v) is 8.73. The van der Waals surface area contributed by atoms with E-state index in [0.717, 1.165) is 10.6 Å².